The molecule has 12 heteroatoms. The van der Waals surface area contributed by atoms with Gasteiger partial charge in [-0.05, 0) is 24.8 Å². The van der Waals surface area contributed by atoms with Crippen LogP contribution in [-0.4, -0.2) is 66.2 Å². The van der Waals surface area contributed by atoms with Crippen LogP contribution in [0.25, 0.3) is 0 Å². The third-order valence-corrected chi connectivity index (χ3v) is 9.47. The number of hydroxylamine groups is 2. The van der Waals surface area contributed by atoms with Gasteiger partial charge in [0.05, 0.1) is 24.4 Å². The van der Waals surface area contributed by atoms with E-state index in [1.807, 2.05) is 0 Å². The number of likely N-dealkylation sites (tertiary alicyclic amines) is 1. The number of carbonyl (C=O) groups excluding carboxylic acids is 4. The highest BCUT2D eigenvalue weighted by atomic mass is 79.9. The zero-order valence-electron chi connectivity index (χ0n) is 17.7. The molecule has 3 fully saturated rings. The third kappa shape index (κ3) is 2.65. The smallest absolute Gasteiger partial charge is 0.257 e. The Morgan fingerprint density at radius 3 is 2.50 bits per heavy atom. The number of fused-ring (bicyclic) bond motifs is 4. The van der Waals surface area contributed by atoms with Crippen molar-refractivity contribution in [3.8, 4) is 11.5 Å². The molecule has 34 heavy (non-hydrogen) atoms. The van der Waals surface area contributed by atoms with E-state index in [1.165, 1.54) is 13.2 Å². The largest absolute Gasteiger partial charge is 0.504 e. The molecule has 2 aliphatic heterocycles. The van der Waals surface area contributed by atoms with Crippen molar-refractivity contribution in [2.45, 2.75) is 28.5 Å². The number of hydrogen-bond donors (Lipinski definition) is 2. The fourth-order valence-corrected chi connectivity index (χ4v) is 7.44. The molecule has 2 heterocycles. The zero-order chi connectivity index (χ0) is 24.7. The predicted molar refractivity (Wildman–Crippen MR) is 122 cm³/mol. The number of nitrogens with zero attached hydrogens (tertiary/aromatic N) is 2. The van der Waals surface area contributed by atoms with Crippen LogP contribution in [0.3, 0.4) is 0 Å². The number of aromatic hydroxyl groups is 1. The number of imide groups is 2. The number of rotatable bonds is 3. The summed E-state index contributed by atoms with van der Waals surface area (Å²) in [7, 11) is 1.37. The van der Waals surface area contributed by atoms with Gasteiger partial charge in [0, 0.05) is 11.5 Å². The zero-order valence-corrected chi connectivity index (χ0v) is 20.8. The van der Waals surface area contributed by atoms with E-state index in [2.05, 4.69) is 15.9 Å². The fourth-order valence-electron chi connectivity index (χ4n) is 6.02. The summed E-state index contributed by atoms with van der Waals surface area (Å²) in [6, 6.07) is 4.67. The Labute approximate surface area is 212 Å². The predicted octanol–water partition coefficient (Wildman–Crippen LogP) is 2.50. The lowest BCUT2D eigenvalue weighted by atomic mass is 9.56. The second-order valence-corrected chi connectivity index (χ2v) is 10.6. The molecule has 1 saturated carbocycles. The van der Waals surface area contributed by atoms with Crippen LogP contribution in [0.15, 0.2) is 29.8 Å². The molecule has 1 aromatic rings. The Kier molecular flexibility index (Phi) is 5.33. The summed E-state index contributed by atoms with van der Waals surface area (Å²) in [5.41, 5.74) is 0.552. The minimum absolute atomic E-state index is 0.111. The summed E-state index contributed by atoms with van der Waals surface area (Å²) in [5, 5.41) is 21.1. The lowest BCUT2D eigenvalue weighted by Crippen LogP contribution is -2.60. The highest BCUT2D eigenvalue weighted by Gasteiger charge is 2.76. The van der Waals surface area contributed by atoms with Crippen molar-refractivity contribution in [3.63, 3.8) is 0 Å². The Morgan fingerprint density at radius 1 is 1.15 bits per heavy atom. The molecule has 1 aromatic carbocycles. The minimum atomic E-state index is -2.02. The van der Waals surface area contributed by atoms with E-state index in [0.717, 1.165) is 4.90 Å². The van der Waals surface area contributed by atoms with Gasteiger partial charge >= 0.3 is 0 Å². The summed E-state index contributed by atoms with van der Waals surface area (Å²) in [5.74, 6) is -6.86. The van der Waals surface area contributed by atoms with Crippen molar-refractivity contribution >= 4 is 62.8 Å². The van der Waals surface area contributed by atoms with Gasteiger partial charge in [0.15, 0.2) is 21.2 Å². The quantitative estimate of drug-likeness (QED) is 0.187. The number of benzene rings is 1. The first-order valence-electron chi connectivity index (χ1n) is 10.5. The fraction of sp³-hybridized carbons (Fsp3) is 0.455. The summed E-state index contributed by atoms with van der Waals surface area (Å²) < 4.78 is 5.23. The van der Waals surface area contributed by atoms with Gasteiger partial charge in [-0.25, -0.2) is 0 Å². The first kappa shape index (κ1) is 23.6. The van der Waals surface area contributed by atoms with E-state index in [0.29, 0.717) is 5.57 Å². The van der Waals surface area contributed by atoms with Crippen LogP contribution in [0.4, 0.5) is 0 Å². The third-order valence-electron chi connectivity index (χ3n) is 7.55. The Balaban J connectivity index is 1.78. The number of ether oxygens (including phenoxy) is 1. The van der Waals surface area contributed by atoms with Gasteiger partial charge in [-0.15, -0.1) is 23.2 Å². The lowest BCUT2D eigenvalue weighted by molar-refractivity contribution is -0.173. The molecule has 4 aliphatic rings. The maximum atomic E-state index is 13.6. The van der Waals surface area contributed by atoms with Gasteiger partial charge in [-0.1, -0.05) is 39.7 Å². The van der Waals surface area contributed by atoms with E-state index >= 15 is 0 Å². The maximum absolute atomic E-state index is 13.6. The molecule has 9 nitrogen and oxygen atoms in total. The van der Waals surface area contributed by atoms with Crippen molar-refractivity contribution in [3.05, 3.63) is 35.4 Å². The highest BCUT2D eigenvalue weighted by Crippen LogP contribution is 2.66. The Morgan fingerprint density at radius 2 is 1.85 bits per heavy atom. The SMILES string of the molecule is COc1cccc(C2C3=CCC4C(=O)N(O)C(=O)C4C3CC3(Cl)C(=O)N(CBr)C(=O)C23Cl)c1O. The number of para-hydroxylation sites is 1. The molecule has 2 aliphatic carbocycles. The second-order valence-electron chi connectivity index (χ2n) is 8.87. The van der Waals surface area contributed by atoms with E-state index in [4.69, 9.17) is 27.9 Å². The van der Waals surface area contributed by atoms with Crippen LogP contribution < -0.4 is 4.74 Å². The average molecular weight is 574 g/mol. The molecule has 180 valence electrons. The molecule has 4 amide bonds. The van der Waals surface area contributed by atoms with Crippen molar-refractivity contribution in [1.82, 2.24) is 9.96 Å². The molecule has 0 bridgehead atoms. The van der Waals surface area contributed by atoms with Crippen molar-refractivity contribution < 1.29 is 34.2 Å². The number of allylic oxidation sites excluding steroid dienone is 2. The molecule has 2 N–H and O–H groups in total. The van der Waals surface area contributed by atoms with Crippen molar-refractivity contribution in [1.29, 1.82) is 0 Å². The number of hydrogen-bond acceptors (Lipinski definition) is 7. The van der Waals surface area contributed by atoms with Crippen LogP contribution in [0, 0.1) is 17.8 Å². The first-order valence-corrected chi connectivity index (χ1v) is 12.3. The van der Waals surface area contributed by atoms with Gasteiger partial charge in [0.1, 0.15) is 0 Å². The maximum Gasteiger partial charge on any atom is 0.257 e. The number of phenols is 1. The molecule has 6 atom stereocenters. The first-order chi connectivity index (χ1) is 16.0. The topological polar surface area (TPSA) is 124 Å². The molecule has 5 rings (SSSR count). The number of halogens is 3. The standard InChI is InChI=1S/C22H19BrCl2N2O7/c1-34-13-4-2-3-11(16(13)28)15-9-5-6-10-14(18(30)27(33)17(10)29)12(9)7-21(24)19(31)26(8-23)20(32)22(15,21)25/h2-5,10,12,14-15,28,33H,6-8H2,1H3. The second kappa shape index (κ2) is 7.68. The molecular weight excluding hydrogens is 555 g/mol. The van der Waals surface area contributed by atoms with Crippen LogP contribution in [0.1, 0.15) is 24.3 Å². The van der Waals surface area contributed by atoms with Gasteiger partial charge in [-0.2, -0.15) is 5.06 Å². The van der Waals surface area contributed by atoms with E-state index in [1.54, 1.807) is 18.2 Å². The minimum Gasteiger partial charge on any atom is -0.504 e. The monoisotopic (exact) mass is 572 g/mol. The van der Waals surface area contributed by atoms with Crippen LogP contribution >= 0.6 is 39.1 Å². The van der Waals surface area contributed by atoms with Gasteiger partial charge in [0.25, 0.3) is 23.6 Å². The van der Waals surface area contributed by atoms with E-state index in [-0.39, 0.29) is 40.4 Å². The van der Waals surface area contributed by atoms with Crippen LogP contribution in [0.2, 0.25) is 0 Å². The summed E-state index contributed by atoms with van der Waals surface area (Å²) >= 11 is 17.2. The lowest BCUT2D eigenvalue weighted by Gasteiger charge is -2.50. The summed E-state index contributed by atoms with van der Waals surface area (Å²) in [6.07, 6.45) is 1.62. The number of phenolic OH excluding ortho intramolecular Hbond substituents is 1. The highest BCUT2D eigenvalue weighted by molar-refractivity contribution is 9.09. The van der Waals surface area contributed by atoms with E-state index < -0.39 is 57.0 Å². The van der Waals surface area contributed by atoms with Gasteiger partial charge in [0.2, 0.25) is 0 Å². The van der Waals surface area contributed by atoms with Crippen LogP contribution in [-0.2, 0) is 19.2 Å². The normalized spacial score (nSPS) is 36.9. The molecule has 6 unspecified atom stereocenters. The Hall–Kier alpha value is -2.14. The number of methoxy groups -OCH3 is 1. The number of alkyl halides is 3. The summed E-state index contributed by atoms with van der Waals surface area (Å²) in [4.78, 5) is 49.2. The van der Waals surface area contributed by atoms with Crippen LogP contribution in [0.5, 0.6) is 11.5 Å². The number of amides is 4. The summed E-state index contributed by atoms with van der Waals surface area (Å²) in [6.45, 7) is 0. The van der Waals surface area contributed by atoms with Gasteiger partial charge in [-0.3, -0.25) is 29.3 Å². The molecule has 0 radical (unpaired) electrons. The Bertz CT molecular complexity index is 1190. The number of carbonyl (C=O) groups is 4. The van der Waals surface area contributed by atoms with Crippen molar-refractivity contribution in [2.24, 2.45) is 17.8 Å². The van der Waals surface area contributed by atoms with Gasteiger partial charge < -0.3 is 9.84 Å². The molecule has 0 aromatic heterocycles. The molecular formula is C22H19BrCl2N2O7. The average Bonchev–Trinajstić information content (AvgIpc) is 3.12. The molecule has 0 spiro atoms. The molecule has 2 saturated heterocycles. The van der Waals surface area contributed by atoms with E-state index in [9.17, 15) is 29.5 Å². The van der Waals surface area contributed by atoms with Crippen molar-refractivity contribution in [2.75, 3.05) is 12.6 Å².